The monoisotopic (exact) mass is 364 g/mol. The highest BCUT2D eigenvalue weighted by molar-refractivity contribution is 7.87. The standard InChI is InChI=1S/C17H24N4O3S/c1-11(2)9-10-25(24)17(3,4)15(23)19-16-18-14(20-21-16)12-5-7-13(22)8-6-12/h5-8,11,22H,9-10H2,1-4H3,(H2,18,19,20,21,23). The number of nitrogens with zero attached hydrogens (tertiary/aromatic N) is 2. The number of hydrogen-bond donors (Lipinski definition) is 3. The van der Waals surface area contributed by atoms with Crippen LogP contribution in [-0.2, 0) is 15.6 Å². The molecule has 0 radical (unpaired) electrons. The third-order valence-corrected chi connectivity index (χ3v) is 5.78. The number of rotatable bonds is 7. The molecule has 0 aliphatic heterocycles. The first kappa shape index (κ1) is 19.1. The summed E-state index contributed by atoms with van der Waals surface area (Å²) in [5.41, 5.74) is 0.727. The highest BCUT2D eigenvalue weighted by Gasteiger charge is 2.35. The predicted molar refractivity (Wildman–Crippen MR) is 98.7 cm³/mol. The molecule has 0 aliphatic carbocycles. The molecule has 0 aliphatic rings. The van der Waals surface area contributed by atoms with E-state index in [1.54, 1.807) is 26.0 Å². The van der Waals surface area contributed by atoms with Crippen molar-refractivity contribution in [3.8, 4) is 17.1 Å². The van der Waals surface area contributed by atoms with Gasteiger partial charge in [-0.15, -0.1) is 5.10 Å². The number of hydrogen-bond acceptors (Lipinski definition) is 5. The van der Waals surface area contributed by atoms with Crippen molar-refractivity contribution in [1.82, 2.24) is 15.2 Å². The number of aromatic amines is 1. The maximum atomic E-state index is 12.5. The Hall–Kier alpha value is -2.22. The van der Waals surface area contributed by atoms with Crippen molar-refractivity contribution >= 4 is 22.7 Å². The van der Waals surface area contributed by atoms with Gasteiger partial charge in [0, 0.05) is 22.1 Å². The highest BCUT2D eigenvalue weighted by atomic mass is 32.2. The van der Waals surface area contributed by atoms with E-state index in [0.717, 1.165) is 12.0 Å². The normalized spacial score (nSPS) is 13.0. The fraction of sp³-hybridized carbons (Fsp3) is 0.471. The number of anilines is 1. The van der Waals surface area contributed by atoms with Gasteiger partial charge in [0.05, 0.1) is 0 Å². The average molecular weight is 364 g/mol. The Balaban J connectivity index is 2.05. The van der Waals surface area contributed by atoms with Gasteiger partial charge in [-0.2, -0.15) is 4.98 Å². The molecule has 1 aromatic heterocycles. The summed E-state index contributed by atoms with van der Waals surface area (Å²) in [5, 5.41) is 18.6. The van der Waals surface area contributed by atoms with E-state index in [9.17, 15) is 14.1 Å². The molecule has 7 nitrogen and oxygen atoms in total. The van der Waals surface area contributed by atoms with Crippen LogP contribution < -0.4 is 5.32 Å². The molecule has 136 valence electrons. The number of amides is 1. The summed E-state index contributed by atoms with van der Waals surface area (Å²) in [6, 6.07) is 6.45. The van der Waals surface area contributed by atoms with E-state index in [1.807, 2.05) is 0 Å². The van der Waals surface area contributed by atoms with Crippen molar-refractivity contribution in [2.24, 2.45) is 5.92 Å². The number of aromatic hydroxyl groups is 1. The highest BCUT2D eigenvalue weighted by Crippen LogP contribution is 2.21. The van der Waals surface area contributed by atoms with E-state index in [2.05, 4.69) is 34.3 Å². The van der Waals surface area contributed by atoms with E-state index in [0.29, 0.717) is 17.5 Å². The zero-order chi connectivity index (χ0) is 18.6. The fourth-order valence-electron chi connectivity index (χ4n) is 2.02. The van der Waals surface area contributed by atoms with Gasteiger partial charge in [-0.05, 0) is 50.5 Å². The molecule has 2 rings (SSSR count). The fourth-order valence-corrected chi connectivity index (χ4v) is 3.47. The third-order valence-electron chi connectivity index (χ3n) is 3.85. The molecular weight excluding hydrogens is 340 g/mol. The summed E-state index contributed by atoms with van der Waals surface area (Å²) in [5.74, 6) is 1.28. The summed E-state index contributed by atoms with van der Waals surface area (Å²) in [6.45, 7) is 7.43. The van der Waals surface area contributed by atoms with E-state index in [-0.39, 0.29) is 17.6 Å². The van der Waals surface area contributed by atoms with Crippen LogP contribution in [0.2, 0.25) is 0 Å². The van der Waals surface area contributed by atoms with Gasteiger partial charge in [-0.25, -0.2) is 0 Å². The predicted octanol–water partition coefficient (Wildman–Crippen LogP) is 2.69. The van der Waals surface area contributed by atoms with Gasteiger partial charge in [-0.3, -0.25) is 19.4 Å². The second-order valence-electron chi connectivity index (χ2n) is 6.75. The van der Waals surface area contributed by atoms with Crippen LogP contribution in [0, 0.1) is 5.92 Å². The minimum atomic E-state index is -1.29. The molecule has 1 atom stereocenters. The van der Waals surface area contributed by atoms with E-state index in [1.165, 1.54) is 12.1 Å². The summed E-state index contributed by atoms with van der Waals surface area (Å²) in [7, 11) is -1.29. The zero-order valence-electron chi connectivity index (χ0n) is 14.9. The number of phenolic OH excluding ortho intramolecular Hbond substituents is 1. The molecule has 0 bridgehead atoms. The van der Waals surface area contributed by atoms with Crippen molar-refractivity contribution in [1.29, 1.82) is 0 Å². The Morgan fingerprint density at radius 3 is 2.56 bits per heavy atom. The van der Waals surface area contributed by atoms with Crippen LogP contribution in [0.3, 0.4) is 0 Å². The molecule has 1 unspecified atom stereocenters. The average Bonchev–Trinajstić information content (AvgIpc) is 3.01. The second kappa shape index (κ2) is 7.77. The number of H-pyrrole nitrogens is 1. The second-order valence-corrected chi connectivity index (χ2v) is 8.87. The summed E-state index contributed by atoms with van der Waals surface area (Å²) in [4.78, 5) is 16.7. The molecule has 1 amide bonds. The quantitative estimate of drug-likeness (QED) is 0.700. The maximum Gasteiger partial charge on any atom is 0.249 e. The van der Waals surface area contributed by atoms with Gasteiger partial charge in [0.25, 0.3) is 0 Å². The molecule has 0 fully saturated rings. The Morgan fingerprint density at radius 1 is 1.32 bits per heavy atom. The summed E-state index contributed by atoms with van der Waals surface area (Å²) in [6.07, 6.45) is 0.801. The zero-order valence-corrected chi connectivity index (χ0v) is 15.7. The maximum absolute atomic E-state index is 12.5. The van der Waals surface area contributed by atoms with Crippen LogP contribution in [0.4, 0.5) is 5.95 Å². The molecule has 2 aromatic rings. The minimum absolute atomic E-state index is 0.127. The molecule has 8 heteroatoms. The number of carbonyl (C=O) groups excluding carboxylic acids is 1. The van der Waals surface area contributed by atoms with Crippen molar-refractivity contribution in [2.75, 3.05) is 11.1 Å². The Morgan fingerprint density at radius 2 is 1.96 bits per heavy atom. The van der Waals surface area contributed by atoms with Crippen molar-refractivity contribution in [3.05, 3.63) is 24.3 Å². The largest absolute Gasteiger partial charge is 0.508 e. The number of phenols is 1. The van der Waals surface area contributed by atoms with E-state index < -0.39 is 15.5 Å². The van der Waals surface area contributed by atoms with Crippen LogP contribution >= 0.6 is 0 Å². The number of nitrogens with one attached hydrogen (secondary N) is 2. The van der Waals surface area contributed by atoms with Crippen molar-refractivity contribution < 1.29 is 14.1 Å². The first-order valence-corrected chi connectivity index (χ1v) is 9.43. The SMILES string of the molecule is CC(C)CCS(=O)C(C)(C)C(=O)Nc1n[nH]c(-c2ccc(O)cc2)n1. The first-order valence-electron chi connectivity index (χ1n) is 8.12. The molecule has 25 heavy (non-hydrogen) atoms. The molecule has 0 saturated heterocycles. The van der Waals surface area contributed by atoms with Gasteiger partial charge in [0.2, 0.25) is 11.9 Å². The smallest absolute Gasteiger partial charge is 0.249 e. The molecular formula is C17H24N4O3S. The van der Waals surface area contributed by atoms with E-state index in [4.69, 9.17) is 0 Å². The summed E-state index contributed by atoms with van der Waals surface area (Å²) >= 11 is 0. The van der Waals surface area contributed by atoms with Crippen LogP contribution in [0.25, 0.3) is 11.4 Å². The van der Waals surface area contributed by atoms with Crippen LogP contribution in [0.1, 0.15) is 34.1 Å². The van der Waals surface area contributed by atoms with Gasteiger partial charge in [-0.1, -0.05) is 13.8 Å². The number of benzene rings is 1. The van der Waals surface area contributed by atoms with Gasteiger partial charge < -0.3 is 5.11 Å². The number of carbonyl (C=O) groups is 1. The third kappa shape index (κ3) is 4.88. The van der Waals surface area contributed by atoms with Crippen molar-refractivity contribution in [3.63, 3.8) is 0 Å². The van der Waals surface area contributed by atoms with Gasteiger partial charge >= 0.3 is 0 Å². The molecule has 3 N–H and O–H groups in total. The van der Waals surface area contributed by atoms with E-state index >= 15 is 0 Å². The van der Waals surface area contributed by atoms with Gasteiger partial charge in [0.1, 0.15) is 10.5 Å². The Labute approximate surface area is 149 Å². The topological polar surface area (TPSA) is 108 Å². The lowest BCUT2D eigenvalue weighted by Crippen LogP contribution is -2.42. The lowest BCUT2D eigenvalue weighted by atomic mass is 10.2. The van der Waals surface area contributed by atoms with Crippen LogP contribution in [0.5, 0.6) is 5.75 Å². The lowest BCUT2D eigenvalue weighted by Gasteiger charge is -2.22. The van der Waals surface area contributed by atoms with Crippen LogP contribution in [-0.4, -0.2) is 40.9 Å². The Kier molecular flexibility index (Phi) is 5.94. The number of aromatic nitrogens is 3. The molecule has 0 saturated carbocycles. The van der Waals surface area contributed by atoms with Crippen LogP contribution in [0.15, 0.2) is 24.3 Å². The molecule has 1 aromatic carbocycles. The first-order chi connectivity index (χ1) is 11.7. The minimum Gasteiger partial charge on any atom is -0.508 e. The summed E-state index contributed by atoms with van der Waals surface area (Å²) < 4.78 is 11.4. The van der Waals surface area contributed by atoms with Gasteiger partial charge in [0.15, 0.2) is 5.82 Å². The lowest BCUT2D eigenvalue weighted by molar-refractivity contribution is -0.117. The Bertz CT molecular complexity index is 754. The molecule has 1 heterocycles. The molecule has 0 spiro atoms. The van der Waals surface area contributed by atoms with Crippen molar-refractivity contribution in [2.45, 2.75) is 38.9 Å².